The number of carboxylic acids is 1. The highest BCUT2D eigenvalue weighted by Crippen LogP contribution is 2.28. The van der Waals surface area contributed by atoms with Crippen molar-refractivity contribution in [2.24, 2.45) is 0 Å². The van der Waals surface area contributed by atoms with Crippen molar-refractivity contribution in [3.63, 3.8) is 0 Å². The van der Waals surface area contributed by atoms with Gasteiger partial charge in [-0.1, -0.05) is 6.07 Å². The van der Waals surface area contributed by atoms with E-state index in [0.29, 0.717) is 17.0 Å². The quantitative estimate of drug-likeness (QED) is 0.688. The van der Waals surface area contributed by atoms with Crippen LogP contribution in [0.5, 0.6) is 0 Å². The highest BCUT2D eigenvalue weighted by Gasteiger charge is 2.24. The van der Waals surface area contributed by atoms with Crippen molar-refractivity contribution in [2.75, 3.05) is 0 Å². The molecular formula is C13H12FN3O4. The van der Waals surface area contributed by atoms with Gasteiger partial charge in [0.2, 0.25) is 5.82 Å². The molecule has 0 aliphatic heterocycles. The fourth-order valence-corrected chi connectivity index (χ4v) is 2.17. The third-order valence-electron chi connectivity index (χ3n) is 3.15. The Kier molecular flexibility index (Phi) is 3.70. The molecule has 0 aliphatic carbocycles. The lowest BCUT2D eigenvalue weighted by Gasteiger charge is -2.06. The van der Waals surface area contributed by atoms with E-state index in [1.807, 2.05) is 0 Å². The van der Waals surface area contributed by atoms with Crippen LogP contribution in [0.1, 0.15) is 17.0 Å². The number of para-hydroxylation sites is 1. The lowest BCUT2D eigenvalue weighted by Crippen LogP contribution is -2.06. The van der Waals surface area contributed by atoms with Gasteiger partial charge >= 0.3 is 11.7 Å². The summed E-state index contributed by atoms with van der Waals surface area (Å²) >= 11 is 0. The van der Waals surface area contributed by atoms with Crippen molar-refractivity contribution in [3.8, 4) is 5.69 Å². The number of nitro groups is 1. The second-order valence-corrected chi connectivity index (χ2v) is 4.50. The van der Waals surface area contributed by atoms with Crippen molar-refractivity contribution in [1.29, 1.82) is 0 Å². The second-order valence-electron chi connectivity index (χ2n) is 4.50. The first-order chi connectivity index (χ1) is 9.82. The molecule has 1 aromatic heterocycles. The fourth-order valence-electron chi connectivity index (χ4n) is 2.17. The number of aromatic nitrogens is 2. The topological polar surface area (TPSA) is 98.3 Å². The Morgan fingerprint density at radius 1 is 1.48 bits per heavy atom. The van der Waals surface area contributed by atoms with Crippen LogP contribution in [0.15, 0.2) is 18.2 Å². The summed E-state index contributed by atoms with van der Waals surface area (Å²) in [4.78, 5) is 21.0. The van der Waals surface area contributed by atoms with Crippen LogP contribution in [0.4, 0.5) is 10.1 Å². The van der Waals surface area contributed by atoms with Crippen LogP contribution in [0.25, 0.3) is 5.69 Å². The molecule has 0 bridgehead atoms. The van der Waals surface area contributed by atoms with E-state index in [4.69, 9.17) is 5.11 Å². The van der Waals surface area contributed by atoms with Crippen LogP contribution in [-0.4, -0.2) is 25.8 Å². The number of halogens is 1. The van der Waals surface area contributed by atoms with Gasteiger partial charge in [0.05, 0.1) is 17.0 Å². The summed E-state index contributed by atoms with van der Waals surface area (Å²) in [5.41, 5.74) is 0.611. The maximum Gasteiger partial charge on any atom is 0.330 e. The van der Waals surface area contributed by atoms with Crippen LogP contribution in [0, 0.1) is 29.8 Å². The Balaban J connectivity index is 2.66. The van der Waals surface area contributed by atoms with E-state index >= 15 is 0 Å². The fraction of sp³-hybridized carbons (Fsp3) is 0.231. The Hall–Kier alpha value is -2.77. The molecule has 1 aromatic carbocycles. The van der Waals surface area contributed by atoms with Gasteiger partial charge in [0.1, 0.15) is 5.69 Å². The minimum atomic E-state index is -1.03. The Labute approximate surface area is 118 Å². The molecule has 8 heteroatoms. The molecule has 2 aromatic rings. The molecule has 0 atom stereocenters. The maximum absolute atomic E-state index is 13.7. The highest BCUT2D eigenvalue weighted by molar-refractivity contribution is 5.71. The zero-order valence-electron chi connectivity index (χ0n) is 11.3. The second kappa shape index (κ2) is 5.31. The molecule has 0 saturated heterocycles. The molecule has 1 N–H and O–H groups in total. The van der Waals surface area contributed by atoms with Gasteiger partial charge in [-0.25, -0.2) is 4.68 Å². The van der Waals surface area contributed by atoms with Crippen LogP contribution in [0.3, 0.4) is 0 Å². The van der Waals surface area contributed by atoms with E-state index < -0.39 is 22.4 Å². The van der Waals surface area contributed by atoms with E-state index in [1.54, 1.807) is 13.8 Å². The van der Waals surface area contributed by atoms with Crippen molar-refractivity contribution in [2.45, 2.75) is 20.3 Å². The minimum absolute atomic E-state index is 0.0303. The average Bonchev–Trinajstić information content (AvgIpc) is 2.65. The van der Waals surface area contributed by atoms with E-state index in [-0.39, 0.29) is 12.1 Å². The van der Waals surface area contributed by atoms with Crippen LogP contribution < -0.4 is 0 Å². The largest absolute Gasteiger partial charge is 0.481 e. The predicted molar refractivity (Wildman–Crippen MR) is 71.0 cm³/mol. The van der Waals surface area contributed by atoms with Gasteiger partial charge in [-0.3, -0.25) is 14.9 Å². The molecule has 0 saturated carbocycles. The summed E-state index contributed by atoms with van der Waals surface area (Å²) in [6.45, 7) is 3.19. The summed E-state index contributed by atoms with van der Waals surface area (Å²) in [7, 11) is 0. The van der Waals surface area contributed by atoms with E-state index in [9.17, 15) is 19.3 Å². The average molecular weight is 293 g/mol. The summed E-state index contributed by atoms with van der Waals surface area (Å²) in [6, 6.07) is 3.70. The van der Waals surface area contributed by atoms with Gasteiger partial charge in [-0.2, -0.15) is 9.49 Å². The first-order valence-electron chi connectivity index (χ1n) is 6.03. The number of nitro benzene ring substituents is 1. The van der Waals surface area contributed by atoms with Crippen LogP contribution in [-0.2, 0) is 11.2 Å². The van der Waals surface area contributed by atoms with Crippen molar-refractivity contribution in [3.05, 3.63) is 51.1 Å². The molecule has 0 radical (unpaired) electrons. The number of benzene rings is 1. The standard InChI is InChI=1S/C13H12FN3O4/c1-7-9(6-12(18)19)8(2)16(15-7)11-5-3-4-10(14)13(11)17(20)21/h3-5H,6H2,1-2H3,(H,18,19). The van der Waals surface area contributed by atoms with Gasteiger partial charge < -0.3 is 5.11 Å². The SMILES string of the molecule is Cc1nn(-c2cccc(F)c2[N+](=O)[O-])c(C)c1CC(=O)O. The predicted octanol–water partition coefficient (Wildman–Crippen LogP) is 2.16. The maximum atomic E-state index is 13.7. The van der Waals surface area contributed by atoms with Crippen molar-refractivity contribution < 1.29 is 19.2 Å². The molecule has 0 unspecified atom stereocenters. The van der Waals surface area contributed by atoms with Crippen LogP contribution >= 0.6 is 0 Å². The third-order valence-corrected chi connectivity index (χ3v) is 3.15. The van der Waals surface area contributed by atoms with Gasteiger partial charge in [-0.15, -0.1) is 0 Å². The number of carboxylic acid groups (broad SMARTS) is 1. The van der Waals surface area contributed by atoms with Crippen LogP contribution in [0.2, 0.25) is 0 Å². The number of aliphatic carboxylic acids is 1. The summed E-state index contributed by atoms with van der Waals surface area (Å²) in [5, 5.41) is 24.0. The molecule has 0 spiro atoms. The molecular weight excluding hydrogens is 281 g/mol. The van der Waals surface area contributed by atoms with E-state index in [0.717, 1.165) is 6.07 Å². The Morgan fingerprint density at radius 3 is 2.71 bits per heavy atom. The van der Waals surface area contributed by atoms with Crippen molar-refractivity contribution in [1.82, 2.24) is 9.78 Å². The zero-order valence-corrected chi connectivity index (χ0v) is 11.3. The van der Waals surface area contributed by atoms with Gasteiger partial charge in [0.25, 0.3) is 0 Å². The molecule has 1 heterocycles. The molecule has 2 rings (SSSR count). The lowest BCUT2D eigenvalue weighted by molar-refractivity contribution is -0.387. The number of hydrogen-bond acceptors (Lipinski definition) is 4. The molecule has 110 valence electrons. The summed E-state index contributed by atoms with van der Waals surface area (Å²) < 4.78 is 14.9. The summed E-state index contributed by atoms with van der Waals surface area (Å²) in [5.74, 6) is -2.00. The smallest absolute Gasteiger partial charge is 0.330 e. The first-order valence-corrected chi connectivity index (χ1v) is 6.03. The van der Waals surface area contributed by atoms with Crippen molar-refractivity contribution >= 4 is 11.7 Å². The van der Waals surface area contributed by atoms with Gasteiger partial charge in [-0.05, 0) is 26.0 Å². The molecule has 0 fully saturated rings. The molecule has 21 heavy (non-hydrogen) atoms. The van der Waals surface area contributed by atoms with Gasteiger partial charge in [0, 0.05) is 11.3 Å². The Morgan fingerprint density at radius 2 is 2.14 bits per heavy atom. The molecule has 0 amide bonds. The monoisotopic (exact) mass is 293 g/mol. The minimum Gasteiger partial charge on any atom is -0.481 e. The molecule has 0 aliphatic rings. The molecule has 7 nitrogen and oxygen atoms in total. The van der Waals surface area contributed by atoms with E-state index in [2.05, 4.69) is 5.10 Å². The third kappa shape index (κ3) is 2.60. The number of nitrogens with zero attached hydrogens (tertiary/aromatic N) is 3. The lowest BCUT2D eigenvalue weighted by atomic mass is 10.1. The highest BCUT2D eigenvalue weighted by atomic mass is 19.1. The summed E-state index contributed by atoms with van der Waals surface area (Å²) in [6.07, 6.45) is -0.249. The number of hydrogen-bond donors (Lipinski definition) is 1. The number of aryl methyl sites for hydroxylation is 1. The number of carbonyl (C=O) groups is 1. The first kappa shape index (κ1) is 14.6. The normalized spacial score (nSPS) is 10.6. The number of rotatable bonds is 4. The van der Waals surface area contributed by atoms with Gasteiger partial charge in [0.15, 0.2) is 0 Å². The van der Waals surface area contributed by atoms with E-state index in [1.165, 1.54) is 16.8 Å². The Bertz CT molecular complexity index is 739. The zero-order chi connectivity index (χ0) is 15.7.